The van der Waals surface area contributed by atoms with Crippen molar-refractivity contribution < 1.29 is 30.0 Å². The lowest BCUT2D eigenvalue weighted by atomic mass is 10.1. The number of unbranched alkanes of at least 4 members (excludes halogenated alkanes) is 3. The first-order chi connectivity index (χ1) is 15.0. The standard InChI is InChI=1S/C25H40O6/c1-2-3-10-15-22(27)17-12-8-9-13-18-23(28)16-11-6-4-5-7-14-19-25(30)31-21-24(29)20-26/h3,6,8-13,17-18,22-24,26-29H,2,4-5,7,14-16,19-21H2,1H3. The molecule has 0 bridgehead atoms. The van der Waals surface area contributed by atoms with E-state index in [1.807, 2.05) is 36.5 Å². The van der Waals surface area contributed by atoms with E-state index in [-0.39, 0.29) is 12.6 Å². The Morgan fingerprint density at radius 2 is 1.45 bits per heavy atom. The molecule has 0 heterocycles. The molecule has 0 aromatic rings. The van der Waals surface area contributed by atoms with Crippen molar-refractivity contribution in [2.75, 3.05) is 13.2 Å². The van der Waals surface area contributed by atoms with E-state index < -0.39 is 24.9 Å². The van der Waals surface area contributed by atoms with Crippen molar-refractivity contribution in [1.82, 2.24) is 0 Å². The van der Waals surface area contributed by atoms with E-state index in [9.17, 15) is 15.0 Å². The van der Waals surface area contributed by atoms with Crippen molar-refractivity contribution in [1.29, 1.82) is 0 Å². The van der Waals surface area contributed by atoms with Crippen LogP contribution in [-0.4, -0.2) is 57.9 Å². The van der Waals surface area contributed by atoms with Gasteiger partial charge in [-0.3, -0.25) is 4.79 Å². The smallest absolute Gasteiger partial charge is 0.305 e. The Labute approximate surface area is 187 Å². The average Bonchev–Trinajstić information content (AvgIpc) is 2.76. The van der Waals surface area contributed by atoms with Crippen molar-refractivity contribution in [3.63, 3.8) is 0 Å². The molecule has 0 saturated carbocycles. The molecule has 6 heteroatoms. The monoisotopic (exact) mass is 436 g/mol. The molecule has 0 aliphatic carbocycles. The maximum absolute atomic E-state index is 11.4. The Kier molecular flexibility index (Phi) is 19.9. The van der Waals surface area contributed by atoms with Crippen LogP contribution in [0.4, 0.5) is 0 Å². The van der Waals surface area contributed by atoms with Gasteiger partial charge in [-0.25, -0.2) is 0 Å². The van der Waals surface area contributed by atoms with Crippen LogP contribution >= 0.6 is 0 Å². The Balaban J connectivity index is 3.75. The Morgan fingerprint density at radius 1 is 0.839 bits per heavy atom. The van der Waals surface area contributed by atoms with Crippen molar-refractivity contribution in [2.24, 2.45) is 0 Å². The van der Waals surface area contributed by atoms with Crippen LogP contribution in [0, 0.1) is 0 Å². The molecule has 0 spiro atoms. The van der Waals surface area contributed by atoms with E-state index in [1.165, 1.54) is 0 Å². The van der Waals surface area contributed by atoms with E-state index >= 15 is 0 Å². The molecule has 0 aromatic carbocycles. The molecule has 0 fully saturated rings. The van der Waals surface area contributed by atoms with Gasteiger partial charge in [-0.1, -0.05) is 74.1 Å². The predicted octanol–water partition coefficient (Wildman–Crippen LogP) is 3.53. The Bertz CT molecular complexity index is 577. The van der Waals surface area contributed by atoms with Gasteiger partial charge in [0.15, 0.2) is 0 Å². The molecule has 0 rings (SSSR count). The molecule has 6 nitrogen and oxygen atoms in total. The van der Waals surface area contributed by atoms with Crippen LogP contribution in [0.5, 0.6) is 0 Å². The lowest BCUT2D eigenvalue weighted by Gasteiger charge is -2.08. The van der Waals surface area contributed by atoms with Gasteiger partial charge in [-0.15, -0.1) is 0 Å². The summed E-state index contributed by atoms with van der Waals surface area (Å²) in [5.41, 5.74) is 0. The number of carbonyl (C=O) groups is 1. The maximum Gasteiger partial charge on any atom is 0.305 e. The molecular weight excluding hydrogens is 396 g/mol. The molecule has 0 aromatic heterocycles. The van der Waals surface area contributed by atoms with Gasteiger partial charge in [0.05, 0.1) is 18.8 Å². The molecule has 176 valence electrons. The predicted molar refractivity (Wildman–Crippen MR) is 124 cm³/mol. The lowest BCUT2D eigenvalue weighted by molar-refractivity contribution is -0.147. The fraction of sp³-hybridized carbons (Fsp3) is 0.560. The van der Waals surface area contributed by atoms with E-state index in [0.29, 0.717) is 19.3 Å². The highest BCUT2D eigenvalue weighted by atomic mass is 16.5. The number of ether oxygens (including phenoxy) is 1. The molecular formula is C25H40O6. The molecule has 31 heavy (non-hydrogen) atoms. The first kappa shape index (κ1) is 29.0. The van der Waals surface area contributed by atoms with Crippen LogP contribution in [0.15, 0.2) is 60.8 Å². The zero-order chi connectivity index (χ0) is 23.2. The van der Waals surface area contributed by atoms with E-state index in [1.54, 1.807) is 24.3 Å². The van der Waals surface area contributed by atoms with Gasteiger partial charge in [0.2, 0.25) is 0 Å². The van der Waals surface area contributed by atoms with Gasteiger partial charge in [0, 0.05) is 6.42 Å². The summed E-state index contributed by atoms with van der Waals surface area (Å²) in [5.74, 6) is -0.359. The van der Waals surface area contributed by atoms with E-state index in [4.69, 9.17) is 14.9 Å². The molecule has 3 unspecified atom stereocenters. The fourth-order valence-electron chi connectivity index (χ4n) is 2.45. The summed E-state index contributed by atoms with van der Waals surface area (Å²) in [4.78, 5) is 11.4. The van der Waals surface area contributed by atoms with Crippen molar-refractivity contribution >= 4 is 5.97 Å². The Hall–Kier alpha value is -1.99. The first-order valence-electron chi connectivity index (χ1n) is 11.1. The average molecular weight is 437 g/mol. The second-order valence-electron chi connectivity index (χ2n) is 7.23. The minimum Gasteiger partial charge on any atom is -0.463 e. The molecule has 0 aliphatic rings. The van der Waals surface area contributed by atoms with Gasteiger partial charge < -0.3 is 25.2 Å². The topological polar surface area (TPSA) is 107 Å². The largest absolute Gasteiger partial charge is 0.463 e. The molecule has 0 amide bonds. The molecule has 4 N–H and O–H groups in total. The van der Waals surface area contributed by atoms with Gasteiger partial charge in [0.1, 0.15) is 12.7 Å². The van der Waals surface area contributed by atoms with Crippen LogP contribution in [0.1, 0.15) is 58.3 Å². The molecule has 0 radical (unpaired) electrons. The van der Waals surface area contributed by atoms with Crippen LogP contribution < -0.4 is 0 Å². The summed E-state index contributed by atoms with van der Waals surface area (Å²) < 4.78 is 4.83. The van der Waals surface area contributed by atoms with Crippen LogP contribution in [0.2, 0.25) is 0 Å². The second kappa shape index (κ2) is 21.2. The number of aliphatic hydroxyl groups is 4. The van der Waals surface area contributed by atoms with E-state index in [2.05, 4.69) is 6.92 Å². The fourth-order valence-corrected chi connectivity index (χ4v) is 2.45. The Morgan fingerprint density at radius 3 is 2.03 bits per heavy atom. The second-order valence-corrected chi connectivity index (χ2v) is 7.23. The number of aliphatic hydroxyl groups excluding tert-OH is 4. The normalized spacial score (nSPS) is 15.6. The quantitative estimate of drug-likeness (QED) is 0.113. The first-order valence-corrected chi connectivity index (χ1v) is 11.1. The summed E-state index contributed by atoms with van der Waals surface area (Å²) in [5, 5.41) is 37.3. The highest BCUT2D eigenvalue weighted by Gasteiger charge is 2.07. The summed E-state index contributed by atoms with van der Waals surface area (Å²) in [7, 11) is 0. The van der Waals surface area contributed by atoms with Crippen molar-refractivity contribution in [3.8, 4) is 0 Å². The van der Waals surface area contributed by atoms with Gasteiger partial charge in [-0.05, 0) is 38.5 Å². The zero-order valence-corrected chi connectivity index (χ0v) is 18.7. The molecule has 0 saturated heterocycles. The maximum atomic E-state index is 11.4. The van der Waals surface area contributed by atoms with Crippen molar-refractivity contribution in [2.45, 2.75) is 76.6 Å². The van der Waals surface area contributed by atoms with Gasteiger partial charge in [0.25, 0.3) is 0 Å². The van der Waals surface area contributed by atoms with Gasteiger partial charge >= 0.3 is 5.97 Å². The number of hydrogen-bond acceptors (Lipinski definition) is 6. The number of rotatable bonds is 18. The third kappa shape index (κ3) is 21.0. The van der Waals surface area contributed by atoms with Crippen LogP contribution in [0.25, 0.3) is 0 Å². The summed E-state index contributed by atoms with van der Waals surface area (Å²) in [6.45, 7) is 1.47. The molecule has 0 aliphatic heterocycles. The van der Waals surface area contributed by atoms with E-state index in [0.717, 1.165) is 32.1 Å². The van der Waals surface area contributed by atoms with Crippen LogP contribution in [0.3, 0.4) is 0 Å². The third-order valence-electron chi connectivity index (χ3n) is 4.22. The highest BCUT2D eigenvalue weighted by molar-refractivity contribution is 5.69. The molecule has 3 atom stereocenters. The summed E-state index contributed by atoms with van der Waals surface area (Å²) in [6.07, 6.45) is 22.5. The zero-order valence-electron chi connectivity index (χ0n) is 18.7. The SMILES string of the molecule is CCC=CCC(O)C=CC=CC=CC(O)CC=CCCCCCC(=O)OCC(O)CO. The number of hydrogen-bond donors (Lipinski definition) is 4. The number of esters is 1. The summed E-state index contributed by atoms with van der Waals surface area (Å²) in [6, 6.07) is 0. The highest BCUT2D eigenvalue weighted by Crippen LogP contribution is 2.06. The lowest BCUT2D eigenvalue weighted by Crippen LogP contribution is -2.21. The minimum atomic E-state index is -1.01. The third-order valence-corrected chi connectivity index (χ3v) is 4.22. The summed E-state index contributed by atoms with van der Waals surface area (Å²) >= 11 is 0. The number of carbonyl (C=O) groups excluding carboxylic acids is 1. The van der Waals surface area contributed by atoms with Crippen molar-refractivity contribution in [3.05, 3.63) is 60.8 Å². The number of allylic oxidation sites excluding steroid dienone is 6. The van der Waals surface area contributed by atoms with Crippen LogP contribution in [-0.2, 0) is 9.53 Å². The minimum absolute atomic E-state index is 0.165. The van der Waals surface area contributed by atoms with Gasteiger partial charge in [-0.2, -0.15) is 0 Å².